The Kier molecular flexibility index (Phi) is 23.1. The second kappa shape index (κ2) is 21.7. The summed E-state index contributed by atoms with van der Waals surface area (Å²) in [5.74, 6) is -7.80. The highest BCUT2D eigenvalue weighted by Crippen LogP contribution is 2.34. The maximum atomic E-state index is 14.8. The van der Waals surface area contributed by atoms with Gasteiger partial charge in [-0.3, -0.25) is 4.79 Å². The Morgan fingerprint density at radius 1 is 0.763 bits per heavy atom. The highest BCUT2D eigenvalue weighted by Gasteiger charge is 2.26. The van der Waals surface area contributed by atoms with Crippen molar-refractivity contribution in [1.82, 2.24) is 0 Å². The van der Waals surface area contributed by atoms with Crippen LogP contribution in [0.1, 0.15) is 102 Å². The molecular weight excluding hydrogens is 496 g/mol. The van der Waals surface area contributed by atoms with Crippen LogP contribution in [0.5, 0.6) is 0 Å². The lowest BCUT2D eigenvalue weighted by Gasteiger charge is -2.18. The Morgan fingerprint density at radius 2 is 1.21 bits per heavy atom. The van der Waals surface area contributed by atoms with E-state index in [1.54, 1.807) is 13.8 Å². The third-order valence-corrected chi connectivity index (χ3v) is 5.76. The third kappa shape index (κ3) is 14.1. The Balaban J connectivity index is -0.00000227. The summed E-state index contributed by atoms with van der Waals surface area (Å²) in [6.07, 6.45) is 2.17. The third-order valence-electron chi connectivity index (χ3n) is 5.76. The number of carbonyl (C=O) groups is 1. The van der Waals surface area contributed by atoms with E-state index in [4.69, 9.17) is 9.47 Å². The zero-order valence-electron chi connectivity index (χ0n) is 25.8. The molecule has 38 heavy (non-hydrogen) atoms. The predicted octanol–water partition coefficient (Wildman–Crippen LogP) is 10.6. The number of esters is 1. The number of hydrogen-bond donors (Lipinski definition) is 0. The maximum absolute atomic E-state index is 14.8. The Labute approximate surface area is 229 Å². The van der Waals surface area contributed by atoms with Crippen molar-refractivity contribution >= 4 is 5.97 Å². The number of halogens is 4. The van der Waals surface area contributed by atoms with Gasteiger partial charge < -0.3 is 9.47 Å². The molecule has 0 fully saturated rings. The van der Waals surface area contributed by atoms with Gasteiger partial charge in [0.25, 0.3) is 0 Å². The van der Waals surface area contributed by atoms with Crippen LogP contribution in [0.25, 0.3) is 0 Å². The van der Waals surface area contributed by atoms with E-state index in [1.807, 2.05) is 34.6 Å². The fourth-order valence-corrected chi connectivity index (χ4v) is 2.40. The lowest BCUT2D eigenvalue weighted by atomic mass is 9.97. The summed E-state index contributed by atoms with van der Waals surface area (Å²) in [5, 5.41) is 0. The van der Waals surface area contributed by atoms with E-state index < -0.39 is 52.3 Å². The topological polar surface area (TPSA) is 35.5 Å². The van der Waals surface area contributed by atoms with Crippen LogP contribution in [0.4, 0.5) is 17.6 Å². The van der Waals surface area contributed by atoms with Crippen LogP contribution in [-0.2, 0) is 14.3 Å². The van der Waals surface area contributed by atoms with Gasteiger partial charge in [-0.15, -0.1) is 0 Å². The molecule has 0 aliphatic heterocycles. The van der Waals surface area contributed by atoms with Crippen molar-refractivity contribution in [3.05, 3.63) is 58.8 Å². The Hall–Kier alpha value is -2.15. The lowest BCUT2D eigenvalue weighted by Crippen LogP contribution is -2.21. The summed E-state index contributed by atoms with van der Waals surface area (Å²) >= 11 is 0. The molecule has 0 aromatic carbocycles. The summed E-state index contributed by atoms with van der Waals surface area (Å²) in [6, 6.07) is 0. The minimum atomic E-state index is -1.43. The van der Waals surface area contributed by atoms with Crippen molar-refractivity contribution in [3.63, 3.8) is 0 Å². The molecule has 0 amide bonds. The highest BCUT2D eigenvalue weighted by molar-refractivity contribution is 5.75. The molecule has 0 aromatic heterocycles. The quantitative estimate of drug-likeness (QED) is 0.130. The monoisotopic (exact) mass is 548 g/mol. The zero-order valence-corrected chi connectivity index (χ0v) is 25.8. The summed E-state index contributed by atoms with van der Waals surface area (Å²) in [5.41, 5.74) is -1.57. The van der Waals surface area contributed by atoms with Crippen molar-refractivity contribution < 1.29 is 31.8 Å². The molecule has 0 radical (unpaired) electrons. The minimum absolute atomic E-state index is 0.0470. The number of carbonyl (C=O) groups excluding carboxylic acids is 1. The molecule has 0 aromatic rings. The molecule has 7 heteroatoms. The maximum Gasteiger partial charge on any atom is 0.313 e. The summed E-state index contributed by atoms with van der Waals surface area (Å²) < 4.78 is 69.5. The molecule has 0 saturated carbocycles. The molecule has 0 N–H and O–H groups in total. The molecule has 0 saturated heterocycles. The Morgan fingerprint density at radius 3 is 1.63 bits per heavy atom. The summed E-state index contributed by atoms with van der Waals surface area (Å²) in [4.78, 5) is 12.1. The van der Waals surface area contributed by atoms with Crippen LogP contribution in [0, 0.1) is 11.8 Å². The second-order valence-corrected chi connectivity index (χ2v) is 9.11. The zero-order chi connectivity index (χ0) is 30.7. The summed E-state index contributed by atoms with van der Waals surface area (Å²) in [6.45, 7) is 27.9. The van der Waals surface area contributed by atoms with Crippen molar-refractivity contribution in [2.24, 2.45) is 11.8 Å². The smallest absolute Gasteiger partial charge is 0.313 e. The van der Waals surface area contributed by atoms with Crippen LogP contribution in [0.2, 0.25) is 0 Å². The fraction of sp³-hybridized carbons (Fsp3) is 0.645. The van der Waals surface area contributed by atoms with Gasteiger partial charge in [-0.05, 0) is 64.2 Å². The first-order valence-electron chi connectivity index (χ1n) is 13.6. The van der Waals surface area contributed by atoms with Gasteiger partial charge in [0.2, 0.25) is 0 Å². The van der Waals surface area contributed by atoms with Crippen LogP contribution >= 0.6 is 0 Å². The minimum Gasteiger partial charge on any atom is -0.462 e. The van der Waals surface area contributed by atoms with Gasteiger partial charge in [0.15, 0.2) is 23.3 Å². The first-order valence-corrected chi connectivity index (χ1v) is 13.6. The normalized spacial score (nSPS) is 16.0. The average Bonchev–Trinajstić information content (AvgIpc) is 2.92. The van der Waals surface area contributed by atoms with Crippen LogP contribution in [-0.4, -0.2) is 24.8 Å². The molecule has 0 aliphatic rings. The molecule has 0 bridgehead atoms. The molecule has 222 valence electrons. The van der Waals surface area contributed by atoms with E-state index in [9.17, 15) is 22.4 Å². The van der Waals surface area contributed by atoms with Crippen molar-refractivity contribution in [2.45, 2.75) is 115 Å². The molecular formula is C31H52F4O3. The van der Waals surface area contributed by atoms with Crippen molar-refractivity contribution in [3.8, 4) is 0 Å². The number of allylic oxidation sites excluding steroid dienone is 6. The largest absolute Gasteiger partial charge is 0.462 e. The predicted molar refractivity (Wildman–Crippen MR) is 152 cm³/mol. The van der Waals surface area contributed by atoms with Gasteiger partial charge in [-0.2, -0.15) is 0 Å². The van der Waals surface area contributed by atoms with Crippen molar-refractivity contribution in [2.75, 3.05) is 6.61 Å². The van der Waals surface area contributed by atoms with E-state index in [0.29, 0.717) is 6.42 Å². The molecule has 4 atom stereocenters. The van der Waals surface area contributed by atoms with Gasteiger partial charge in [-0.25, -0.2) is 17.6 Å². The Bertz CT molecular complexity index is 840. The van der Waals surface area contributed by atoms with Gasteiger partial charge in [0.1, 0.15) is 0 Å². The first kappa shape index (κ1) is 40.3. The van der Waals surface area contributed by atoms with E-state index in [1.165, 1.54) is 20.3 Å². The average molecular weight is 549 g/mol. The van der Waals surface area contributed by atoms with E-state index >= 15 is 0 Å². The SMILES string of the molecule is C=C(/C(C)=C(F)/C(F)=C(\C)C(C)C(=O)OC(C)CC)/C(F)=C(/F)C(=C)C(C)COC(C)CC.CC.CCC. The second-order valence-electron chi connectivity index (χ2n) is 9.11. The molecule has 0 heterocycles. The van der Waals surface area contributed by atoms with E-state index in [2.05, 4.69) is 27.0 Å². The first-order chi connectivity index (χ1) is 17.6. The number of hydrogen-bond acceptors (Lipinski definition) is 3. The number of ether oxygens (including phenoxy) is 2. The molecule has 0 rings (SSSR count). The van der Waals surface area contributed by atoms with Gasteiger partial charge in [0.05, 0.1) is 24.7 Å². The van der Waals surface area contributed by atoms with E-state index in [-0.39, 0.29) is 30.0 Å². The van der Waals surface area contributed by atoms with Gasteiger partial charge in [-0.1, -0.05) is 68.0 Å². The lowest BCUT2D eigenvalue weighted by molar-refractivity contribution is -0.151. The molecule has 0 spiro atoms. The standard InChI is InChI=1S/C26H38F4O3.C3H8.C2H6/c1-11-15(4)32-13-14(3)17(6)22(27)23(28)18(7)19(8)24(29)25(30)20(9)21(10)26(31)33-16(5)12-2;1-3-2;1-2/h14-16,21H,6-7,11-13H2,1-5,8-10H3;3H2,1-2H3;1-2H3/b23-22-,24-19-,25-20-;;. The molecule has 3 nitrogen and oxygen atoms in total. The van der Waals surface area contributed by atoms with Gasteiger partial charge in [0, 0.05) is 11.5 Å². The molecule has 4 unspecified atom stereocenters. The van der Waals surface area contributed by atoms with Crippen molar-refractivity contribution in [1.29, 1.82) is 0 Å². The molecule has 0 aliphatic carbocycles. The number of rotatable bonds is 13. The van der Waals surface area contributed by atoms with Crippen LogP contribution in [0.3, 0.4) is 0 Å². The highest BCUT2D eigenvalue weighted by atomic mass is 19.2. The van der Waals surface area contributed by atoms with Crippen LogP contribution in [0.15, 0.2) is 58.8 Å². The fourth-order valence-electron chi connectivity index (χ4n) is 2.40. The van der Waals surface area contributed by atoms with E-state index in [0.717, 1.165) is 13.3 Å². The van der Waals surface area contributed by atoms with Crippen LogP contribution < -0.4 is 0 Å². The van der Waals surface area contributed by atoms with Gasteiger partial charge >= 0.3 is 5.97 Å². The summed E-state index contributed by atoms with van der Waals surface area (Å²) in [7, 11) is 0.